The molecule has 0 radical (unpaired) electrons. The van der Waals surface area contributed by atoms with Crippen molar-refractivity contribution in [1.82, 2.24) is 0 Å². The lowest BCUT2D eigenvalue weighted by atomic mass is 9.89. The number of rotatable bonds is 2. The first-order valence-electron chi connectivity index (χ1n) is 7.06. The SMILES string of the molecule is Cc1ccc(C(Br)c2ccc3c(c2)CCCC3)cc1. The molecule has 0 saturated heterocycles. The Hall–Kier alpha value is -1.08. The van der Waals surface area contributed by atoms with Crippen LogP contribution >= 0.6 is 15.9 Å². The molecule has 2 aromatic carbocycles. The van der Waals surface area contributed by atoms with Gasteiger partial charge in [-0.3, -0.25) is 0 Å². The monoisotopic (exact) mass is 314 g/mol. The van der Waals surface area contributed by atoms with Crippen molar-refractivity contribution < 1.29 is 0 Å². The third-order valence-corrected chi connectivity index (χ3v) is 5.09. The third kappa shape index (κ3) is 2.76. The van der Waals surface area contributed by atoms with Crippen LogP contribution in [-0.4, -0.2) is 0 Å². The van der Waals surface area contributed by atoms with Gasteiger partial charge in [-0.05, 0) is 54.9 Å². The Balaban J connectivity index is 1.91. The number of alkyl halides is 1. The molecule has 98 valence electrons. The second kappa shape index (κ2) is 5.50. The summed E-state index contributed by atoms with van der Waals surface area (Å²) >= 11 is 3.85. The Bertz CT molecular complexity index is 569. The van der Waals surface area contributed by atoms with E-state index in [0.717, 1.165) is 0 Å². The minimum absolute atomic E-state index is 0.306. The van der Waals surface area contributed by atoms with Crippen molar-refractivity contribution >= 4 is 15.9 Å². The highest BCUT2D eigenvalue weighted by Crippen LogP contribution is 2.33. The summed E-state index contributed by atoms with van der Waals surface area (Å²) < 4.78 is 0. The molecular formula is C18H19Br. The van der Waals surface area contributed by atoms with Gasteiger partial charge in [0.2, 0.25) is 0 Å². The minimum Gasteiger partial charge on any atom is -0.0786 e. The molecule has 0 aliphatic heterocycles. The Kier molecular flexibility index (Phi) is 3.74. The van der Waals surface area contributed by atoms with Crippen LogP contribution in [0.5, 0.6) is 0 Å². The van der Waals surface area contributed by atoms with Gasteiger partial charge in [-0.1, -0.05) is 64.0 Å². The lowest BCUT2D eigenvalue weighted by Gasteiger charge is -2.19. The molecule has 0 heterocycles. The highest BCUT2D eigenvalue weighted by atomic mass is 79.9. The van der Waals surface area contributed by atoms with Gasteiger partial charge in [0.1, 0.15) is 0 Å². The zero-order valence-corrected chi connectivity index (χ0v) is 12.9. The zero-order valence-electron chi connectivity index (χ0n) is 11.3. The molecule has 0 amide bonds. The van der Waals surface area contributed by atoms with Crippen LogP contribution in [0.15, 0.2) is 42.5 Å². The van der Waals surface area contributed by atoms with Crippen LogP contribution in [0.1, 0.15) is 45.5 Å². The molecule has 1 aliphatic rings. The van der Waals surface area contributed by atoms with Crippen LogP contribution in [0.25, 0.3) is 0 Å². The Morgan fingerprint density at radius 1 is 0.842 bits per heavy atom. The standard InChI is InChI=1S/C18H19Br/c1-13-6-8-15(9-7-13)18(19)17-11-10-14-4-2-3-5-16(14)12-17/h6-12,18H,2-5H2,1H3. The summed E-state index contributed by atoms with van der Waals surface area (Å²) in [7, 11) is 0. The van der Waals surface area contributed by atoms with E-state index >= 15 is 0 Å². The molecule has 1 unspecified atom stereocenters. The minimum atomic E-state index is 0.306. The molecule has 0 aromatic heterocycles. The van der Waals surface area contributed by atoms with E-state index in [4.69, 9.17) is 0 Å². The maximum Gasteiger partial charge on any atom is 0.0644 e. The van der Waals surface area contributed by atoms with Gasteiger partial charge in [-0.15, -0.1) is 0 Å². The van der Waals surface area contributed by atoms with Gasteiger partial charge in [0.15, 0.2) is 0 Å². The van der Waals surface area contributed by atoms with E-state index < -0.39 is 0 Å². The molecule has 1 aliphatic carbocycles. The average Bonchev–Trinajstić information content (AvgIpc) is 2.47. The number of fused-ring (bicyclic) bond motifs is 1. The summed E-state index contributed by atoms with van der Waals surface area (Å²) in [5.41, 5.74) is 7.14. The fraction of sp³-hybridized carbons (Fsp3) is 0.333. The molecule has 3 rings (SSSR count). The van der Waals surface area contributed by atoms with Gasteiger partial charge in [0, 0.05) is 0 Å². The number of hydrogen-bond donors (Lipinski definition) is 0. The number of hydrogen-bond acceptors (Lipinski definition) is 0. The molecule has 1 heteroatoms. The normalized spacial score (nSPS) is 15.9. The van der Waals surface area contributed by atoms with Gasteiger partial charge < -0.3 is 0 Å². The van der Waals surface area contributed by atoms with Gasteiger partial charge in [0.25, 0.3) is 0 Å². The Labute approximate surface area is 124 Å². The van der Waals surface area contributed by atoms with Gasteiger partial charge in [-0.25, -0.2) is 0 Å². The topological polar surface area (TPSA) is 0 Å². The van der Waals surface area contributed by atoms with Crippen LogP contribution in [0.3, 0.4) is 0 Å². The molecule has 0 N–H and O–H groups in total. The summed E-state index contributed by atoms with van der Waals surface area (Å²) in [5.74, 6) is 0. The predicted molar refractivity (Wildman–Crippen MR) is 85.0 cm³/mol. The van der Waals surface area contributed by atoms with Crippen molar-refractivity contribution in [3.63, 3.8) is 0 Å². The fourth-order valence-corrected chi connectivity index (χ4v) is 3.43. The van der Waals surface area contributed by atoms with Crippen LogP contribution in [0.4, 0.5) is 0 Å². The first-order chi connectivity index (χ1) is 9.24. The van der Waals surface area contributed by atoms with E-state index in [1.54, 1.807) is 11.1 Å². The molecule has 1 atom stereocenters. The Morgan fingerprint density at radius 2 is 1.47 bits per heavy atom. The maximum atomic E-state index is 3.85. The van der Waals surface area contributed by atoms with Crippen LogP contribution in [0, 0.1) is 6.92 Å². The predicted octanol–water partition coefficient (Wildman–Crippen LogP) is 5.36. The van der Waals surface area contributed by atoms with Crippen molar-refractivity contribution in [3.8, 4) is 0 Å². The molecule has 0 bridgehead atoms. The van der Waals surface area contributed by atoms with E-state index in [9.17, 15) is 0 Å². The van der Waals surface area contributed by atoms with E-state index in [2.05, 4.69) is 65.3 Å². The second-order valence-corrected chi connectivity index (χ2v) is 6.42. The smallest absolute Gasteiger partial charge is 0.0644 e. The summed E-state index contributed by atoms with van der Waals surface area (Å²) in [6, 6.07) is 15.8. The highest BCUT2D eigenvalue weighted by Gasteiger charge is 2.14. The van der Waals surface area contributed by atoms with Crippen LogP contribution in [0.2, 0.25) is 0 Å². The van der Waals surface area contributed by atoms with Gasteiger partial charge >= 0.3 is 0 Å². The number of benzene rings is 2. The highest BCUT2D eigenvalue weighted by molar-refractivity contribution is 9.09. The summed E-state index contributed by atoms with van der Waals surface area (Å²) in [4.78, 5) is 0.306. The van der Waals surface area contributed by atoms with Gasteiger partial charge in [0.05, 0.1) is 4.83 Å². The van der Waals surface area contributed by atoms with Crippen molar-refractivity contribution in [1.29, 1.82) is 0 Å². The largest absolute Gasteiger partial charge is 0.0786 e. The molecular weight excluding hydrogens is 296 g/mol. The van der Waals surface area contributed by atoms with Gasteiger partial charge in [-0.2, -0.15) is 0 Å². The quantitative estimate of drug-likeness (QED) is 0.655. The fourth-order valence-electron chi connectivity index (χ4n) is 2.84. The molecule has 2 aromatic rings. The van der Waals surface area contributed by atoms with E-state index in [1.807, 2.05) is 0 Å². The third-order valence-electron chi connectivity index (χ3n) is 4.04. The van der Waals surface area contributed by atoms with Crippen LogP contribution < -0.4 is 0 Å². The second-order valence-electron chi connectivity index (χ2n) is 5.51. The van der Waals surface area contributed by atoms with Crippen molar-refractivity contribution in [2.75, 3.05) is 0 Å². The molecule has 0 nitrogen and oxygen atoms in total. The molecule has 0 saturated carbocycles. The lowest BCUT2D eigenvalue weighted by molar-refractivity contribution is 0.684. The Morgan fingerprint density at radius 3 is 2.21 bits per heavy atom. The van der Waals surface area contributed by atoms with Crippen LogP contribution in [-0.2, 0) is 12.8 Å². The van der Waals surface area contributed by atoms with Crippen molar-refractivity contribution in [3.05, 3.63) is 70.3 Å². The number of aryl methyl sites for hydroxylation is 3. The summed E-state index contributed by atoms with van der Waals surface area (Å²) in [6.45, 7) is 2.13. The zero-order chi connectivity index (χ0) is 13.2. The van der Waals surface area contributed by atoms with E-state index in [0.29, 0.717) is 4.83 Å². The van der Waals surface area contributed by atoms with Crippen molar-refractivity contribution in [2.24, 2.45) is 0 Å². The molecule has 0 spiro atoms. The number of halogens is 1. The first-order valence-corrected chi connectivity index (χ1v) is 7.98. The first kappa shape index (κ1) is 12.9. The van der Waals surface area contributed by atoms with Crippen molar-refractivity contribution in [2.45, 2.75) is 37.4 Å². The molecule has 19 heavy (non-hydrogen) atoms. The summed E-state index contributed by atoms with van der Waals surface area (Å²) in [5, 5.41) is 0. The van der Waals surface area contributed by atoms with E-state index in [-0.39, 0.29) is 0 Å². The lowest BCUT2D eigenvalue weighted by Crippen LogP contribution is -2.04. The van der Waals surface area contributed by atoms with E-state index in [1.165, 1.54) is 42.4 Å². The maximum absolute atomic E-state index is 3.85. The summed E-state index contributed by atoms with van der Waals surface area (Å²) in [6.07, 6.45) is 5.19. The molecule has 0 fully saturated rings. The average molecular weight is 315 g/mol.